The fourth-order valence-corrected chi connectivity index (χ4v) is 2.44. The average Bonchev–Trinajstić information content (AvgIpc) is 2.35. The van der Waals surface area contributed by atoms with E-state index in [1.54, 1.807) is 0 Å². The van der Waals surface area contributed by atoms with E-state index < -0.39 is 0 Å². The number of hydrogen-bond donors (Lipinski definition) is 2. The number of nitrogens with zero attached hydrogens (tertiary/aromatic N) is 3. The largest absolute Gasteiger partial charge is 0.392 e. The zero-order chi connectivity index (χ0) is 14.1. The molecule has 0 aliphatic carbocycles. The Morgan fingerprint density at radius 2 is 1.89 bits per heavy atom. The van der Waals surface area contributed by atoms with Crippen molar-refractivity contribution in [2.75, 3.05) is 73.0 Å². The third-order valence-electron chi connectivity index (χ3n) is 3.67. The Morgan fingerprint density at radius 3 is 2.53 bits per heavy atom. The molecule has 5 nitrogen and oxygen atoms in total. The summed E-state index contributed by atoms with van der Waals surface area (Å²) in [4.78, 5) is 7.12. The summed E-state index contributed by atoms with van der Waals surface area (Å²) in [5.41, 5.74) is 0. The Hall–Kier alpha value is -0.200. The first-order chi connectivity index (χ1) is 9.08. The van der Waals surface area contributed by atoms with Crippen molar-refractivity contribution in [3.63, 3.8) is 0 Å². The van der Waals surface area contributed by atoms with Gasteiger partial charge in [0.05, 0.1) is 6.10 Å². The second kappa shape index (κ2) is 9.66. The predicted molar refractivity (Wildman–Crippen MR) is 80.6 cm³/mol. The minimum Gasteiger partial charge on any atom is -0.392 e. The van der Waals surface area contributed by atoms with Crippen LogP contribution in [0.25, 0.3) is 0 Å². The monoisotopic (exact) mass is 272 g/mol. The molecule has 1 rings (SSSR count). The van der Waals surface area contributed by atoms with Crippen LogP contribution in [0.15, 0.2) is 0 Å². The summed E-state index contributed by atoms with van der Waals surface area (Å²) in [6.45, 7) is 11.7. The zero-order valence-corrected chi connectivity index (χ0v) is 12.9. The fourth-order valence-electron chi connectivity index (χ4n) is 2.44. The first kappa shape index (κ1) is 16.9. The van der Waals surface area contributed by atoms with Gasteiger partial charge >= 0.3 is 0 Å². The van der Waals surface area contributed by atoms with Crippen molar-refractivity contribution >= 4 is 0 Å². The number of piperazine rings is 1. The molecule has 1 unspecified atom stereocenters. The third-order valence-corrected chi connectivity index (χ3v) is 3.67. The summed E-state index contributed by atoms with van der Waals surface area (Å²) < 4.78 is 0. The van der Waals surface area contributed by atoms with Crippen LogP contribution in [0.3, 0.4) is 0 Å². The van der Waals surface area contributed by atoms with Crippen LogP contribution in [0.5, 0.6) is 0 Å². The van der Waals surface area contributed by atoms with E-state index >= 15 is 0 Å². The highest BCUT2D eigenvalue weighted by molar-refractivity contribution is 4.69. The van der Waals surface area contributed by atoms with Gasteiger partial charge in [-0.15, -0.1) is 0 Å². The molecule has 1 aliphatic rings. The summed E-state index contributed by atoms with van der Waals surface area (Å²) in [6.07, 6.45) is 0.992. The number of nitrogens with one attached hydrogen (secondary N) is 1. The summed E-state index contributed by atoms with van der Waals surface area (Å²) in [5, 5.41) is 12.7. The lowest BCUT2D eigenvalue weighted by Gasteiger charge is -2.32. The molecule has 1 fully saturated rings. The van der Waals surface area contributed by atoms with Crippen LogP contribution in [0.4, 0.5) is 0 Å². The quantitative estimate of drug-likeness (QED) is 0.555. The summed E-state index contributed by atoms with van der Waals surface area (Å²) >= 11 is 0. The van der Waals surface area contributed by atoms with E-state index in [4.69, 9.17) is 0 Å². The van der Waals surface area contributed by atoms with Crippen LogP contribution >= 0.6 is 0 Å². The molecule has 0 radical (unpaired) electrons. The Morgan fingerprint density at radius 1 is 1.21 bits per heavy atom. The molecular weight excluding hydrogens is 240 g/mol. The molecule has 114 valence electrons. The minimum atomic E-state index is -0.234. The van der Waals surface area contributed by atoms with Gasteiger partial charge in [0.2, 0.25) is 0 Å². The molecule has 0 saturated carbocycles. The molecule has 0 spiro atoms. The number of aliphatic hydroxyl groups is 1. The first-order valence-electron chi connectivity index (χ1n) is 7.56. The number of likely N-dealkylation sites (N-methyl/N-ethyl adjacent to an activating group) is 2. The predicted octanol–water partition coefficient (Wildman–Crippen LogP) is -0.474. The summed E-state index contributed by atoms with van der Waals surface area (Å²) in [6, 6.07) is 0. The van der Waals surface area contributed by atoms with Gasteiger partial charge in [0.15, 0.2) is 0 Å². The minimum absolute atomic E-state index is 0.234. The molecular formula is C14H32N4O. The van der Waals surface area contributed by atoms with Crippen molar-refractivity contribution in [2.24, 2.45) is 0 Å². The Kier molecular flexibility index (Phi) is 8.57. The summed E-state index contributed by atoms with van der Waals surface area (Å²) in [5.74, 6) is 0. The number of rotatable bonds is 9. The zero-order valence-electron chi connectivity index (χ0n) is 12.9. The van der Waals surface area contributed by atoms with Gasteiger partial charge in [-0.1, -0.05) is 0 Å². The standard InChI is InChI=1S/C14H32N4O/c1-14(19)13-17(3)8-6-15-5-4-7-18-11-9-16(2)10-12-18/h14-15,19H,4-13H2,1-3H3. The van der Waals surface area contributed by atoms with E-state index in [9.17, 15) is 5.11 Å². The van der Waals surface area contributed by atoms with Crippen LogP contribution in [-0.4, -0.2) is 98.9 Å². The van der Waals surface area contributed by atoms with Crippen LogP contribution in [0.1, 0.15) is 13.3 Å². The maximum atomic E-state index is 9.26. The maximum Gasteiger partial charge on any atom is 0.0638 e. The van der Waals surface area contributed by atoms with E-state index in [-0.39, 0.29) is 6.10 Å². The Labute approximate surface area is 118 Å². The molecule has 0 aromatic rings. The van der Waals surface area contributed by atoms with Crippen molar-refractivity contribution in [2.45, 2.75) is 19.4 Å². The van der Waals surface area contributed by atoms with Gasteiger partial charge in [0.25, 0.3) is 0 Å². The average molecular weight is 272 g/mol. The molecule has 0 amide bonds. The number of hydrogen-bond acceptors (Lipinski definition) is 5. The number of aliphatic hydroxyl groups excluding tert-OH is 1. The van der Waals surface area contributed by atoms with Crippen molar-refractivity contribution in [3.8, 4) is 0 Å². The van der Waals surface area contributed by atoms with Gasteiger partial charge in [0, 0.05) is 45.8 Å². The Bertz CT molecular complexity index is 217. The van der Waals surface area contributed by atoms with Gasteiger partial charge in [-0.2, -0.15) is 0 Å². The van der Waals surface area contributed by atoms with Crippen LogP contribution in [-0.2, 0) is 0 Å². The van der Waals surface area contributed by atoms with Crippen LogP contribution < -0.4 is 5.32 Å². The van der Waals surface area contributed by atoms with Crippen molar-refractivity contribution in [1.82, 2.24) is 20.0 Å². The SMILES string of the molecule is CC(O)CN(C)CCNCCCN1CCN(C)CC1. The van der Waals surface area contributed by atoms with E-state index in [1.807, 2.05) is 6.92 Å². The molecule has 2 N–H and O–H groups in total. The molecule has 1 atom stereocenters. The van der Waals surface area contributed by atoms with E-state index in [0.717, 1.165) is 26.2 Å². The lowest BCUT2D eigenvalue weighted by Crippen LogP contribution is -2.45. The first-order valence-corrected chi connectivity index (χ1v) is 7.56. The van der Waals surface area contributed by atoms with E-state index in [1.165, 1.54) is 39.1 Å². The maximum absolute atomic E-state index is 9.26. The summed E-state index contributed by atoms with van der Waals surface area (Å²) in [7, 11) is 4.25. The molecule has 0 aromatic heterocycles. The lowest BCUT2D eigenvalue weighted by atomic mass is 10.3. The second-order valence-corrected chi connectivity index (χ2v) is 5.86. The van der Waals surface area contributed by atoms with Gasteiger partial charge in [-0.3, -0.25) is 0 Å². The van der Waals surface area contributed by atoms with Gasteiger partial charge in [0.1, 0.15) is 0 Å². The topological polar surface area (TPSA) is 42.0 Å². The normalized spacial score (nSPS) is 20.1. The molecule has 0 bridgehead atoms. The highest BCUT2D eigenvalue weighted by atomic mass is 16.3. The third kappa shape index (κ3) is 8.55. The molecule has 19 heavy (non-hydrogen) atoms. The van der Waals surface area contributed by atoms with E-state index in [2.05, 4.69) is 34.1 Å². The molecule has 5 heteroatoms. The van der Waals surface area contributed by atoms with Gasteiger partial charge in [-0.25, -0.2) is 0 Å². The van der Waals surface area contributed by atoms with Crippen LogP contribution in [0, 0.1) is 0 Å². The lowest BCUT2D eigenvalue weighted by molar-refractivity contribution is 0.141. The smallest absolute Gasteiger partial charge is 0.0638 e. The van der Waals surface area contributed by atoms with Crippen molar-refractivity contribution in [1.29, 1.82) is 0 Å². The molecule has 0 aromatic carbocycles. The fraction of sp³-hybridized carbons (Fsp3) is 1.00. The highest BCUT2D eigenvalue weighted by Gasteiger charge is 2.12. The van der Waals surface area contributed by atoms with E-state index in [0.29, 0.717) is 0 Å². The molecule has 1 saturated heterocycles. The molecule has 1 aliphatic heterocycles. The van der Waals surface area contributed by atoms with Crippen molar-refractivity contribution in [3.05, 3.63) is 0 Å². The van der Waals surface area contributed by atoms with Crippen LogP contribution in [0.2, 0.25) is 0 Å². The Balaban J connectivity index is 1.88. The van der Waals surface area contributed by atoms with Crippen molar-refractivity contribution < 1.29 is 5.11 Å². The molecule has 1 heterocycles. The highest BCUT2D eigenvalue weighted by Crippen LogP contribution is 1.99. The van der Waals surface area contributed by atoms with Gasteiger partial charge in [-0.05, 0) is 40.5 Å². The second-order valence-electron chi connectivity index (χ2n) is 5.86. The van der Waals surface area contributed by atoms with Gasteiger partial charge < -0.3 is 25.1 Å².